The Labute approximate surface area is 89.8 Å². The molecule has 0 saturated carbocycles. The van der Waals surface area contributed by atoms with E-state index in [0.717, 1.165) is 22.4 Å². The van der Waals surface area contributed by atoms with Crippen LogP contribution < -0.4 is 0 Å². The van der Waals surface area contributed by atoms with Crippen LogP contribution in [-0.2, 0) is 16.1 Å². The smallest absolute Gasteiger partial charge is 0.303 e. The molecule has 0 N–H and O–H groups in total. The number of hydrogen-bond acceptors (Lipinski definition) is 3. The number of hydrogen-bond donors (Lipinski definition) is 0. The molecule has 0 bridgehead atoms. The molecule has 0 amide bonds. The SMILES string of the molecule is C=Cc1c(C)cnc(COC(C)=O)c1C. The molecule has 0 saturated heterocycles. The van der Waals surface area contributed by atoms with Crippen LogP contribution in [0.2, 0.25) is 0 Å². The molecule has 0 spiro atoms. The molecule has 0 aliphatic carbocycles. The van der Waals surface area contributed by atoms with Gasteiger partial charge < -0.3 is 4.74 Å². The fourth-order valence-corrected chi connectivity index (χ4v) is 1.42. The van der Waals surface area contributed by atoms with Crippen molar-refractivity contribution in [2.75, 3.05) is 0 Å². The Bertz CT molecular complexity index is 397. The lowest BCUT2D eigenvalue weighted by Gasteiger charge is -2.10. The Balaban J connectivity index is 2.99. The predicted octanol–water partition coefficient (Wildman–Crippen LogP) is 2.40. The molecule has 0 aliphatic rings. The van der Waals surface area contributed by atoms with Crippen molar-refractivity contribution in [3.63, 3.8) is 0 Å². The molecule has 0 aliphatic heterocycles. The fourth-order valence-electron chi connectivity index (χ4n) is 1.42. The highest BCUT2D eigenvalue weighted by atomic mass is 16.5. The van der Waals surface area contributed by atoms with Gasteiger partial charge in [-0.05, 0) is 30.5 Å². The monoisotopic (exact) mass is 205 g/mol. The number of carbonyl (C=O) groups is 1. The minimum Gasteiger partial charge on any atom is -0.459 e. The number of rotatable bonds is 3. The van der Waals surface area contributed by atoms with Gasteiger partial charge in [-0.2, -0.15) is 0 Å². The topological polar surface area (TPSA) is 39.2 Å². The molecule has 0 fully saturated rings. The first kappa shape index (κ1) is 11.4. The van der Waals surface area contributed by atoms with Gasteiger partial charge in [-0.1, -0.05) is 12.7 Å². The summed E-state index contributed by atoms with van der Waals surface area (Å²) in [6.45, 7) is 9.30. The fraction of sp³-hybridized carbons (Fsp3) is 0.333. The van der Waals surface area contributed by atoms with Gasteiger partial charge in [0.1, 0.15) is 6.61 Å². The summed E-state index contributed by atoms with van der Waals surface area (Å²) in [6.07, 6.45) is 3.56. The normalized spacial score (nSPS) is 9.80. The highest BCUT2D eigenvalue weighted by Crippen LogP contribution is 2.17. The molecule has 1 heterocycles. The second-order valence-corrected chi connectivity index (χ2v) is 3.41. The third-order valence-corrected chi connectivity index (χ3v) is 2.29. The first-order valence-electron chi connectivity index (χ1n) is 4.77. The van der Waals surface area contributed by atoms with Crippen LogP contribution in [0.4, 0.5) is 0 Å². The molecular weight excluding hydrogens is 190 g/mol. The van der Waals surface area contributed by atoms with E-state index < -0.39 is 0 Å². The summed E-state index contributed by atoms with van der Waals surface area (Å²) < 4.78 is 4.91. The van der Waals surface area contributed by atoms with E-state index in [0.29, 0.717) is 0 Å². The van der Waals surface area contributed by atoms with Gasteiger partial charge >= 0.3 is 5.97 Å². The van der Waals surface area contributed by atoms with Gasteiger partial charge in [0.15, 0.2) is 0 Å². The summed E-state index contributed by atoms with van der Waals surface area (Å²) in [7, 11) is 0. The van der Waals surface area contributed by atoms with Crippen molar-refractivity contribution in [2.45, 2.75) is 27.4 Å². The molecular formula is C12H15NO2. The highest BCUT2D eigenvalue weighted by Gasteiger charge is 2.07. The quantitative estimate of drug-likeness (QED) is 0.711. The number of esters is 1. The maximum Gasteiger partial charge on any atom is 0.303 e. The maximum atomic E-state index is 10.7. The molecule has 1 rings (SSSR count). The van der Waals surface area contributed by atoms with E-state index >= 15 is 0 Å². The van der Waals surface area contributed by atoms with Crippen molar-refractivity contribution >= 4 is 12.0 Å². The van der Waals surface area contributed by atoms with E-state index in [9.17, 15) is 4.79 Å². The van der Waals surface area contributed by atoms with Crippen molar-refractivity contribution in [2.24, 2.45) is 0 Å². The Hall–Kier alpha value is -1.64. The standard InChI is InChI=1S/C12H15NO2/c1-5-11-8(2)6-13-12(9(11)3)7-15-10(4)14/h5-6H,1,7H2,2-4H3. The summed E-state index contributed by atoms with van der Waals surface area (Å²) in [5, 5.41) is 0. The second kappa shape index (κ2) is 4.73. The molecule has 3 heteroatoms. The van der Waals surface area contributed by atoms with Crippen LogP contribution >= 0.6 is 0 Å². The Morgan fingerprint density at radius 3 is 2.80 bits per heavy atom. The predicted molar refractivity (Wildman–Crippen MR) is 59.3 cm³/mol. The van der Waals surface area contributed by atoms with Gasteiger partial charge in [-0.25, -0.2) is 0 Å². The number of pyridine rings is 1. The summed E-state index contributed by atoms with van der Waals surface area (Å²) in [6, 6.07) is 0. The van der Waals surface area contributed by atoms with E-state index in [1.54, 1.807) is 12.3 Å². The maximum absolute atomic E-state index is 10.7. The number of carbonyl (C=O) groups excluding carboxylic acids is 1. The van der Waals surface area contributed by atoms with Crippen LogP contribution in [0.5, 0.6) is 0 Å². The van der Waals surface area contributed by atoms with E-state index in [1.165, 1.54) is 6.92 Å². The van der Waals surface area contributed by atoms with Gasteiger partial charge in [0.2, 0.25) is 0 Å². The second-order valence-electron chi connectivity index (χ2n) is 3.41. The number of nitrogens with zero attached hydrogens (tertiary/aromatic N) is 1. The first-order chi connectivity index (χ1) is 7.06. The lowest BCUT2D eigenvalue weighted by molar-refractivity contribution is -0.142. The molecule has 15 heavy (non-hydrogen) atoms. The van der Waals surface area contributed by atoms with Crippen LogP contribution in [-0.4, -0.2) is 11.0 Å². The highest BCUT2D eigenvalue weighted by molar-refractivity contribution is 5.66. The molecule has 1 aromatic heterocycles. The van der Waals surface area contributed by atoms with Gasteiger partial charge in [0.25, 0.3) is 0 Å². The van der Waals surface area contributed by atoms with E-state index in [4.69, 9.17) is 4.74 Å². The van der Waals surface area contributed by atoms with Crippen molar-refractivity contribution < 1.29 is 9.53 Å². The summed E-state index contributed by atoms with van der Waals surface area (Å²) in [4.78, 5) is 14.9. The third-order valence-electron chi connectivity index (χ3n) is 2.29. The average molecular weight is 205 g/mol. The average Bonchev–Trinajstić information content (AvgIpc) is 2.17. The minimum atomic E-state index is -0.295. The summed E-state index contributed by atoms with van der Waals surface area (Å²) in [5.41, 5.74) is 3.94. The molecule has 0 unspecified atom stereocenters. The Kier molecular flexibility index (Phi) is 3.61. The number of ether oxygens (including phenoxy) is 1. The molecule has 0 atom stereocenters. The lowest BCUT2D eigenvalue weighted by atomic mass is 10.0. The first-order valence-corrected chi connectivity index (χ1v) is 4.77. The van der Waals surface area contributed by atoms with Crippen molar-refractivity contribution in [1.29, 1.82) is 0 Å². The number of aromatic nitrogens is 1. The Morgan fingerprint density at radius 1 is 1.60 bits per heavy atom. The van der Waals surface area contributed by atoms with Crippen LogP contribution in [0.1, 0.15) is 29.3 Å². The number of aryl methyl sites for hydroxylation is 1. The molecule has 0 aromatic carbocycles. The van der Waals surface area contributed by atoms with Crippen molar-refractivity contribution in [3.8, 4) is 0 Å². The van der Waals surface area contributed by atoms with Gasteiger partial charge in [0.05, 0.1) is 5.69 Å². The van der Waals surface area contributed by atoms with Gasteiger partial charge in [-0.3, -0.25) is 9.78 Å². The van der Waals surface area contributed by atoms with E-state index in [-0.39, 0.29) is 12.6 Å². The van der Waals surface area contributed by atoms with E-state index in [2.05, 4.69) is 11.6 Å². The largest absolute Gasteiger partial charge is 0.459 e. The van der Waals surface area contributed by atoms with Gasteiger partial charge in [0, 0.05) is 13.1 Å². The zero-order valence-corrected chi connectivity index (χ0v) is 9.33. The van der Waals surface area contributed by atoms with Crippen LogP contribution in [0.15, 0.2) is 12.8 Å². The zero-order valence-electron chi connectivity index (χ0n) is 9.33. The van der Waals surface area contributed by atoms with Crippen molar-refractivity contribution in [3.05, 3.63) is 35.2 Å². The molecule has 1 aromatic rings. The molecule has 0 radical (unpaired) electrons. The van der Waals surface area contributed by atoms with Gasteiger partial charge in [-0.15, -0.1) is 0 Å². The Morgan fingerprint density at radius 2 is 2.27 bits per heavy atom. The minimum absolute atomic E-state index is 0.224. The van der Waals surface area contributed by atoms with Crippen LogP contribution in [0.3, 0.4) is 0 Å². The van der Waals surface area contributed by atoms with Crippen LogP contribution in [0, 0.1) is 13.8 Å². The molecule has 80 valence electrons. The third kappa shape index (κ3) is 2.65. The van der Waals surface area contributed by atoms with Crippen LogP contribution in [0.25, 0.3) is 6.08 Å². The zero-order chi connectivity index (χ0) is 11.4. The molecule has 3 nitrogen and oxygen atoms in total. The summed E-state index contributed by atoms with van der Waals surface area (Å²) >= 11 is 0. The van der Waals surface area contributed by atoms with E-state index in [1.807, 2.05) is 13.8 Å². The van der Waals surface area contributed by atoms with Crippen molar-refractivity contribution in [1.82, 2.24) is 4.98 Å². The summed E-state index contributed by atoms with van der Waals surface area (Å²) in [5.74, 6) is -0.295. The lowest BCUT2D eigenvalue weighted by Crippen LogP contribution is -2.04.